The summed E-state index contributed by atoms with van der Waals surface area (Å²) < 4.78 is 0. The van der Waals surface area contributed by atoms with Gasteiger partial charge in [-0.15, -0.1) is 0 Å². The van der Waals surface area contributed by atoms with Gasteiger partial charge in [0.15, 0.2) is 5.12 Å². The van der Waals surface area contributed by atoms with Gasteiger partial charge in [-0.25, -0.2) is 0 Å². The summed E-state index contributed by atoms with van der Waals surface area (Å²) in [6, 6.07) is 0. The molecule has 0 aliphatic heterocycles. The third kappa shape index (κ3) is 15.6. The topological polar surface area (TPSA) is 34.1 Å². The highest BCUT2D eigenvalue weighted by atomic mass is 32.2. The highest BCUT2D eigenvalue weighted by Crippen LogP contribution is 2.13. The molecule has 0 rings (SSSR count). The summed E-state index contributed by atoms with van der Waals surface area (Å²) in [6.45, 7) is 3.72. The van der Waals surface area contributed by atoms with Gasteiger partial charge >= 0.3 is 0 Å². The van der Waals surface area contributed by atoms with Crippen LogP contribution < -0.4 is 0 Å². The van der Waals surface area contributed by atoms with Crippen LogP contribution in [0.1, 0.15) is 84.5 Å². The summed E-state index contributed by atoms with van der Waals surface area (Å²) in [5.74, 6) is 0.850. The van der Waals surface area contributed by atoms with Gasteiger partial charge in [0.25, 0.3) is 0 Å². The number of carbonyl (C=O) groups excluding carboxylic acids is 2. The minimum atomic E-state index is -0.0272. The molecule has 2 nitrogen and oxygen atoms in total. The largest absolute Gasteiger partial charge is 0.300 e. The maximum atomic E-state index is 11.3. The third-order valence-corrected chi connectivity index (χ3v) is 4.11. The molecule has 0 N–H and O–H groups in total. The molecule has 0 aromatic rings. The molecule has 0 saturated heterocycles. The summed E-state index contributed by atoms with van der Waals surface area (Å²) in [5, 5.41) is 0.0309. The predicted molar refractivity (Wildman–Crippen MR) is 84.6 cm³/mol. The Hall–Kier alpha value is -0.310. The average molecular weight is 286 g/mol. The van der Waals surface area contributed by atoms with Gasteiger partial charge in [0.1, 0.15) is 5.78 Å². The second kappa shape index (κ2) is 14.1. The van der Waals surface area contributed by atoms with Gasteiger partial charge < -0.3 is 0 Å². The van der Waals surface area contributed by atoms with E-state index in [0.29, 0.717) is 0 Å². The molecule has 0 aromatic carbocycles. The van der Waals surface area contributed by atoms with E-state index in [-0.39, 0.29) is 17.3 Å². The van der Waals surface area contributed by atoms with E-state index in [2.05, 4.69) is 6.92 Å². The number of Topliss-reactive ketones (excluding diaryl/α,β-unsaturated/α-hetero) is 1. The maximum Gasteiger partial charge on any atom is 0.196 e. The highest BCUT2D eigenvalue weighted by Gasteiger charge is 2.05. The van der Waals surface area contributed by atoms with Gasteiger partial charge in [0.05, 0.1) is 6.42 Å². The van der Waals surface area contributed by atoms with Crippen molar-refractivity contribution in [2.24, 2.45) is 0 Å². The number of thioether (sulfide) groups is 1. The van der Waals surface area contributed by atoms with Crippen LogP contribution in [0.3, 0.4) is 0 Å². The Bertz CT molecular complexity index is 239. The minimum Gasteiger partial charge on any atom is -0.300 e. The van der Waals surface area contributed by atoms with E-state index >= 15 is 0 Å². The smallest absolute Gasteiger partial charge is 0.196 e. The van der Waals surface area contributed by atoms with Gasteiger partial charge in [-0.05, 0) is 13.3 Å². The van der Waals surface area contributed by atoms with Crippen molar-refractivity contribution < 1.29 is 9.59 Å². The molecule has 0 spiro atoms. The third-order valence-electron chi connectivity index (χ3n) is 3.15. The van der Waals surface area contributed by atoms with Crippen LogP contribution in [-0.2, 0) is 9.59 Å². The van der Waals surface area contributed by atoms with E-state index in [4.69, 9.17) is 0 Å². The quantitative estimate of drug-likeness (QED) is 0.347. The van der Waals surface area contributed by atoms with E-state index in [1.54, 1.807) is 0 Å². The number of ketones is 1. The molecular formula is C16H30O2S. The summed E-state index contributed by atoms with van der Waals surface area (Å²) in [4.78, 5) is 22.0. The van der Waals surface area contributed by atoms with Crippen molar-refractivity contribution in [3.8, 4) is 0 Å². The van der Waals surface area contributed by atoms with Crippen LogP contribution in [0.2, 0.25) is 0 Å². The average Bonchev–Trinajstić information content (AvgIpc) is 2.35. The zero-order valence-electron chi connectivity index (χ0n) is 12.7. The van der Waals surface area contributed by atoms with Crippen LogP contribution in [-0.4, -0.2) is 16.7 Å². The molecule has 19 heavy (non-hydrogen) atoms. The number of carbonyl (C=O) groups is 2. The Kier molecular flexibility index (Phi) is 13.9. The van der Waals surface area contributed by atoms with Crippen molar-refractivity contribution in [3.05, 3.63) is 0 Å². The summed E-state index contributed by atoms with van der Waals surface area (Å²) in [6.07, 6.45) is 13.3. The fourth-order valence-corrected chi connectivity index (χ4v) is 2.91. The fourth-order valence-electron chi connectivity index (χ4n) is 2.03. The molecule has 0 heterocycles. The van der Waals surface area contributed by atoms with Gasteiger partial charge in [-0.2, -0.15) is 0 Å². The van der Waals surface area contributed by atoms with Crippen LogP contribution >= 0.6 is 11.8 Å². The fraction of sp³-hybridized carbons (Fsp3) is 0.875. The minimum absolute atomic E-state index is 0.0272. The van der Waals surface area contributed by atoms with E-state index in [1.165, 1.54) is 76.5 Å². The zero-order chi connectivity index (χ0) is 14.3. The van der Waals surface area contributed by atoms with Crippen LogP contribution in [0, 0.1) is 0 Å². The second-order valence-electron chi connectivity index (χ2n) is 5.28. The van der Waals surface area contributed by atoms with E-state index < -0.39 is 0 Å². The standard InChI is InChI=1S/C16H30O2S/c1-3-4-5-6-7-8-9-10-11-12-13-19-16(18)14-15(2)17/h3-14H2,1-2H3. The van der Waals surface area contributed by atoms with Crippen molar-refractivity contribution in [2.45, 2.75) is 84.5 Å². The molecule has 0 fully saturated rings. The van der Waals surface area contributed by atoms with Gasteiger partial charge in [0, 0.05) is 5.75 Å². The Labute approximate surface area is 123 Å². The predicted octanol–water partition coefficient (Wildman–Crippen LogP) is 5.15. The van der Waals surface area contributed by atoms with Crippen molar-refractivity contribution in [1.29, 1.82) is 0 Å². The summed E-state index contributed by atoms with van der Waals surface area (Å²) in [5.41, 5.74) is 0. The SMILES string of the molecule is CCCCCCCCCCCCSC(=O)CC(C)=O. The molecule has 112 valence electrons. The van der Waals surface area contributed by atoms with Crippen molar-refractivity contribution >= 4 is 22.7 Å². The molecule has 0 aliphatic rings. The lowest BCUT2D eigenvalue weighted by atomic mass is 10.1. The number of hydrogen-bond acceptors (Lipinski definition) is 3. The molecular weight excluding hydrogens is 256 g/mol. The first-order valence-corrected chi connectivity index (χ1v) is 8.80. The lowest BCUT2D eigenvalue weighted by molar-refractivity contribution is -0.121. The Morgan fingerprint density at radius 3 is 1.74 bits per heavy atom. The first-order chi connectivity index (χ1) is 9.16. The van der Waals surface area contributed by atoms with Gasteiger partial charge in [0.2, 0.25) is 0 Å². The van der Waals surface area contributed by atoms with Crippen LogP contribution in [0.5, 0.6) is 0 Å². The lowest BCUT2D eigenvalue weighted by Gasteiger charge is -2.02. The van der Waals surface area contributed by atoms with Crippen LogP contribution in [0.4, 0.5) is 0 Å². The zero-order valence-corrected chi connectivity index (χ0v) is 13.5. The van der Waals surface area contributed by atoms with Gasteiger partial charge in [-0.3, -0.25) is 9.59 Å². The van der Waals surface area contributed by atoms with Crippen molar-refractivity contribution in [1.82, 2.24) is 0 Å². The lowest BCUT2D eigenvalue weighted by Crippen LogP contribution is -2.00. The molecule has 0 radical (unpaired) electrons. The molecule has 0 aromatic heterocycles. The first kappa shape index (κ1) is 18.7. The first-order valence-electron chi connectivity index (χ1n) is 7.82. The van der Waals surface area contributed by atoms with E-state index in [1.807, 2.05) is 0 Å². The van der Waals surface area contributed by atoms with Crippen molar-refractivity contribution in [2.75, 3.05) is 5.75 Å². The number of rotatable bonds is 13. The van der Waals surface area contributed by atoms with E-state index in [0.717, 1.165) is 12.2 Å². The van der Waals surface area contributed by atoms with E-state index in [9.17, 15) is 9.59 Å². The second-order valence-corrected chi connectivity index (χ2v) is 6.43. The highest BCUT2D eigenvalue weighted by molar-refractivity contribution is 8.13. The summed E-state index contributed by atoms with van der Waals surface area (Å²) in [7, 11) is 0. The van der Waals surface area contributed by atoms with Crippen LogP contribution in [0.25, 0.3) is 0 Å². The molecule has 0 aliphatic carbocycles. The maximum absolute atomic E-state index is 11.3. The molecule has 0 amide bonds. The molecule has 0 atom stereocenters. The molecule has 0 bridgehead atoms. The molecule has 0 unspecified atom stereocenters. The summed E-state index contributed by atoms with van der Waals surface area (Å²) >= 11 is 1.32. The molecule has 0 saturated carbocycles. The van der Waals surface area contributed by atoms with Crippen molar-refractivity contribution in [3.63, 3.8) is 0 Å². The van der Waals surface area contributed by atoms with Crippen LogP contribution in [0.15, 0.2) is 0 Å². The molecule has 3 heteroatoms. The Morgan fingerprint density at radius 1 is 0.789 bits per heavy atom. The monoisotopic (exact) mass is 286 g/mol. The van der Waals surface area contributed by atoms with Gasteiger partial charge in [-0.1, -0.05) is 76.5 Å². The normalized spacial score (nSPS) is 10.6. The Balaban J connectivity index is 3.10. The number of hydrogen-bond donors (Lipinski definition) is 0. The Morgan fingerprint density at radius 2 is 1.26 bits per heavy atom. The number of unbranched alkanes of at least 4 members (excludes halogenated alkanes) is 9.